The van der Waals surface area contributed by atoms with Crippen LogP contribution in [0.2, 0.25) is 0 Å². The summed E-state index contributed by atoms with van der Waals surface area (Å²) in [6, 6.07) is 11.5. The standard InChI is InChI=1S/C20H22FNO5S/c1-2-15-5-7-16(8-6-15)19(23)14-27-20(24)4-3-13-22-28(25,26)18-11-9-17(21)10-12-18/h5-12,22H,2-4,13-14H2,1H3. The quantitative estimate of drug-likeness (QED) is 0.372. The lowest BCUT2D eigenvalue weighted by molar-refractivity contribution is -0.142. The number of sulfonamides is 1. The maximum Gasteiger partial charge on any atom is 0.306 e. The summed E-state index contributed by atoms with van der Waals surface area (Å²) >= 11 is 0. The number of carbonyl (C=O) groups excluding carboxylic acids is 2. The molecule has 0 unspecified atom stereocenters. The van der Waals surface area contributed by atoms with E-state index in [1.807, 2.05) is 19.1 Å². The highest BCUT2D eigenvalue weighted by molar-refractivity contribution is 7.89. The van der Waals surface area contributed by atoms with E-state index in [4.69, 9.17) is 4.74 Å². The van der Waals surface area contributed by atoms with Gasteiger partial charge in [0, 0.05) is 18.5 Å². The molecule has 28 heavy (non-hydrogen) atoms. The third-order valence-corrected chi connectivity index (χ3v) is 5.50. The monoisotopic (exact) mass is 407 g/mol. The number of hydrogen-bond acceptors (Lipinski definition) is 5. The molecule has 0 fully saturated rings. The smallest absolute Gasteiger partial charge is 0.306 e. The van der Waals surface area contributed by atoms with E-state index in [9.17, 15) is 22.4 Å². The van der Waals surface area contributed by atoms with Crippen LogP contribution in [0.5, 0.6) is 0 Å². The van der Waals surface area contributed by atoms with Crippen LogP contribution in [0, 0.1) is 5.82 Å². The van der Waals surface area contributed by atoms with Crippen molar-refractivity contribution in [3.8, 4) is 0 Å². The Morgan fingerprint density at radius 1 is 1.04 bits per heavy atom. The predicted molar refractivity (Wildman–Crippen MR) is 102 cm³/mol. The number of halogens is 1. The van der Waals surface area contributed by atoms with E-state index in [1.54, 1.807) is 12.1 Å². The number of ether oxygens (including phenoxy) is 1. The first-order chi connectivity index (χ1) is 13.3. The average molecular weight is 407 g/mol. The van der Waals surface area contributed by atoms with Crippen molar-refractivity contribution < 1.29 is 27.1 Å². The minimum absolute atomic E-state index is 0.0151. The summed E-state index contributed by atoms with van der Waals surface area (Å²) in [7, 11) is -3.77. The van der Waals surface area contributed by atoms with Gasteiger partial charge in [-0.05, 0) is 42.7 Å². The zero-order chi connectivity index (χ0) is 20.6. The van der Waals surface area contributed by atoms with E-state index < -0.39 is 21.8 Å². The van der Waals surface area contributed by atoms with Crippen molar-refractivity contribution in [2.75, 3.05) is 13.2 Å². The second-order valence-electron chi connectivity index (χ2n) is 6.09. The van der Waals surface area contributed by atoms with E-state index in [0.717, 1.165) is 36.2 Å². The van der Waals surface area contributed by atoms with Crippen LogP contribution in [0.4, 0.5) is 4.39 Å². The fourth-order valence-electron chi connectivity index (χ4n) is 2.36. The van der Waals surface area contributed by atoms with Crippen LogP contribution >= 0.6 is 0 Å². The first kappa shape index (κ1) is 21.7. The van der Waals surface area contributed by atoms with Crippen molar-refractivity contribution >= 4 is 21.8 Å². The van der Waals surface area contributed by atoms with Gasteiger partial charge in [-0.1, -0.05) is 31.2 Å². The molecule has 1 N–H and O–H groups in total. The number of esters is 1. The molecule has 0 aliphatic heterocycles. The molecule has 0 radical (unpaired) electrons. The largest absolute Gasteiger partial charge is 0.457 e. The molecule has 2 rings (SSSR count). The third-order valence-electron chi connectivity index (χ3n) is 4.02. The summed E-state index contributed by atoms with van der Waals surface area (Å²) in [6.07, 6.45) is 1.04. The van der Waals surface area contributed by atoms with Crippen molar-refractivity contribution in [2.24, 2.45) is 0 Å². The summed E-state index contributed by atoms with van der Waals surface area (Å²) in [5.74, 6) is -1.41. The number of benzene rings is 2. The third kappa shape index (κ3) is 6.54. The van der Waals surface area contributed by atoms with Crippen LogP contribution in [-0.2, 0) is 26.0 Å². The number of Topliss-reactive ketones (excluding diaryl/α,β-unsaturated/α-hetero) is 1. The maximum absolute atomic E-state index is 12.9. The normalized spacial score (nSPS) is 11.2. The Hall–Kier alpha value is -2.58. The molecule has 0 saturated carbocycles. The van der Waals surface area contributed by atoms with E-state index in [2.05, 4.69) is 4.72 Å². The Balaban J connectivity index is 1.70. The molecular weight excluding hydrogens is 385 g/mol. The molecule has 6 nitrogen and oxygen atoms in total. The Kier molecular flexibility index (Phi) is 7.83. The first-order valence-corrected chi connectivity index (χ1v) is 10.3. The summed E-state index contributed by atoms with van der Waals surface area (Å²) in [5, 5.41) is 0. The van der Waals surface area contributed by atoms with Gasteiger partial charge in [-0.15, -0.1) is 0 Å². The van der Waals surface area contributed by atoms with Crippen LogP contribution in [0.3, 0.4) is 0 Å². The van der Waals surface area contributed by atoms with Crippen LogP contribution < -0.4 is 4.72 Å². The van der Waals surface area contributed by atoms with Gasteiger partial charge < -0.3 is 4.74 Å². The van der Waals surface area contributed by atoms with Crippen molar-refractivity contribution in [3.05, 3.63) is 65.5 Å². The van der Waals surface area contributed by atoms with Gasteiger partial charge in [0.1, 0.15) is 5.82 Å². The van der Waals surface area contributed by atoms with Crippen molar-refractivity contribution in [1.82, 2.24) is 4.72 Å². The lowest BCUT2D eigenvalue weighted by atomic mass is 10.1. The molecule has 0 bridgehead atoms. The van der Waals surface area contributed by atoms with E-state index in [1.165, 1.54) is 0 Å². The molecule has 0 heterocycles. The van der Waals surface area contributed by atoms with Gasteiger partial charge in [-0.25, -0.2) is 17.5 Å². The number of aryl methyl sites for hydroxylation is 1. The molecular formula is C20H22FNO5S. The highest BCUT2D eigenvalue weighted by Gasteiger charge is 2.14. The van der Waals surface area contributed by atoms with Gasteiger partial charge in [0.05, 0.1) is 4.90 Å². The van der Waals surface area contributed by atoms with Gasteiger partial charge >= 0.3 is 5.97 Å². The molecule has 0 spiro atoms. The van der Waals surface area contributed by atoms with Crippen LogP contribution in [0.1, 0.15) is 35.7 Å². The number of nitrogens with one attached hydrogen (secondary N) is 1. The van der Waals surface area contributed by atoms with E-state index in [-0.39, 0.29) is 36.7 Å². The maximum atomic E-state index is 12.9. The Morgan fingerprint density at radius 3 is 2.29 bits per heavy atom. The molecule has 0 aliphatic rings. The number of carbonyl (C=O) groups is 2. The average Bonchev–Trinajstić information content (AvgIpc) is 2.70. The van der Waals surface area contributed by atoms with E-state index >= 15 is 0 Å². The highest BCUT2D eigenvalue weighted by Crippen LogP contribution is 2.10. The van der Waals surface area contributed by atoms with Gasteiger partial charge in [-0.3, -0.25) is 9.59 Å². The second-order valence-corrected chi connectivity index (χ2v) is 7.86. The summed E-state index contributed by atoms with van der Waals surface area (Å²) < 4.78 is 44.1. The molecule has 0 aromatic heterocycles. The SMILES string of the molecule is CCc1ccc(C(=O)COC(=O)CCCNS(=O)(=O)c2ccc(F)cc2)cc1. The molecule has 0 saturated heterocycles. The summed E-state index contributed by atoms with van der Waals surface area (Å²) in [5.41, 5.74) is 1.58. The Morgan fingerprint density at radius 2 is 1.68 bits per heavy atom. The van der Waals surface area contributed by atoms with Gasteiger partial charge in [0.15, 0.2) is 12.4 Å². The van der Waals surface area contributed by atoms with Crippen molar-refractivity contribution in [2.45, 2.75) is 31.1 Å². The molecule has 2 aromatic carbocycles. The van der Waals surface area contributed by atoms with Crippen molar-refractivity contribution in [3.63, 3.8) is 0 Å². The zero-order valence-electron chi connectivity index (χ0n) is 15.5. The lowest BCUT2D eigenvalue weighted by Gasteiger charge is -2.07. The van der Waals surface area contributed by atoms with Crippen LogP contribution in [0.15, 0.2) is 53.4 Å². The first-order valence-electron chi connectivity index (χ1n) is 8.85. The van der Waals surface area contributed by atoms with Gasteiger partial charge in [0.2, 0.25) is 10.0 Å². The minimum Gasteiger partial charge on any atom is -0.457 e. The van der Waals surface area contributed by atoms with Crippen LogP contribution in [-0.4, -0.2) is 33.3 Å². The molecule has 0 amide bonds. The number of hydrogen-bond donors (Lipinski definition) is 1. The molecule has 0 atom stereocenters. The van der Waals surface area contributed by atoms with E-state index in [0.29, 0.717) is 5.56 Å². The van der Waals surface area contributed by atoms with Gasteiger partial charge in [-0.2, -0.15) is 0 Å². The zero-order valence-corrected chi connectivity index (χ0v) is 16.3. The molecule has 150 valence electrons. The van der Waals surface area contributed by atoms with Crippen molar-refractivity contribution in [1.29, 1.82) is 0 Å². The minimum atomic E-state index is -3.77. The predicted octanol–water partition coefficient (Wildman–Crippen LogP) is 2.87. The molecule has 0 aliphatic carbocycles. The number of ketones is 1. The second kappa shape index (κ2) is 10.1. The fraction of sp³-hybridized carbons (Fsp3) is 0.300. The van der Waals surface area contributed by atoms with Crippen LogP contribution in [0.25, 0.3) is 0 Å². The lowest BCUT2D eigenvalue weighted by Crippen LogP contribution is -2.25. The Bertz CT molecular complexity index is 909. The van der Waals surface area contributed by atoms with Gasteiger partial charge in [0.25, 0.3) is 0 Å². The fourth-order valence-corrected chi connectivity index (χ4v) is 3.44. The molecule has 2 aromatic rings. The topological polar surface area (TPSA) is 89.5 Å². The highest BCUT2D eigenvalue weighted by atomic mass is 32.2. The molecule has 8 heteroatoms. The summed E-state index contributed by atoms with van der Waals surface area (Å²) in [4.78, 5) is 23.7. The summed E-state index contributed by atoms with van der Waals surface area (Å²) in [6.45, 7) is 1.67. The Labute approximate surface area is 163 Å². The number of rotatable bonds is 10.